The van der Waals surface area contributed by atoms with Crippen molar-refractivity contribution in [3.05, 3.63) is 0 Å². The summed E-state index contributed by atoms with van der Waals surface area (Å²) in [6.07, 6.45) is 1.36. The second-order valence-electron chi connectivity index (χ2n) is 8.45. The van der Waals surface area contributed by atoms with Crippen LogP contribution >= 0.6 is 12.2 Å². The van der Waals surface area contributed by atoms with Crippen molar-refractivity contribution in [1.82, 2.24) is 0 Å². The number of thiocarbonyl (C=S) groups is 1. The zero-order chi connectivity index (χ0) is 19.3. The maximum absolute atomic E-state index is 10.8. The molecule has 0 aliphatic rings. The quantitative estimate of drug-likeness (QED) is 0.473. The number of hydrogen-bond acceptors (Lipinski definition) is 2. The lowest BCUT2D eigenvalue weighted by atomic mass is 9.99. The summed E-state index contributed by atoms with van der Waals surface area (Å²) in [4.78, 5) is 12.0. The lowest BCUT2D eigenvalue weighted by Gasteiger charge is -2.09. The fraction of sp³-hybridized carbons (Fsp3) is 0.905. The van der Waals surface area contributed by atoms with Crippen LogP contribution in [0.2, 0.25) is 0 Å². The summed E-state index contributed by atoms with van der Waals surface area (Å²) in [6, 6.07) is 0. The second kappa shape index (κ2) is 15.3. The fourth-order valence-electron chi connectivity index (χ4n) is 2.28. The van der Waals surface area contributed by atoms with Gasteiger partial charge >= 0.3 is 0 Å². The fourth-order valence-corrected chi connectivity index (χ4v) is 2.28. The molecule has 0 aliphatic heterocycles. The van der Waals surface area contributed by atoms with E-state index in [0.29, 0.717) is 17.6 Å². The molecule has 0 aromatic heterocycles. The molecule has 0 rings (SSSR count). The van der Waals surface area contributed by atoms with E-state index in [-0.39, 0.29) is 11.8 Å². The van der Waals surface area contributed by atoms with E-state index in [9.17, 15) is 4.79 Å². The van der Waals surface area contributed by atoms with Crippen LogP contribution < -0.4 is 0 Å². The lowest BCUT2D eigenvalue weighted by molar-refractivity contribution is -0.124. The SMILES string of the molecule is CC(C)C(=O)C(C)C.CC(C)C(=S)C(C)C.CC(C)CC(C)C. The topological polar surface area (TPSA) is 17.1 Å². The number of rotatable bonds is 6. The molecule has 0 saturated carbocycles. The van der Waals surface area contributed by atoms with E-state index in [1.165, 1.54) is 11.3 Å². The van der Waals surface area contributed by atoms with Crippen molar-refractivity contribution in [3.8, 4) is 0 Å². The molecule has 0 spiro atoms. The number of ketones is 1. The Hall–Kier alpha value is -0.240. The Morgan fingerprint density at radius 1 is 0.609 bits per heavy atom. The first-order valence-electron chi connectivity index (χ1n) is 9.31. The summed E-state index contributed by atoms with van der Waals surface area (Å²) < 4.78 is 0. The van der Waals surface area contributed by atoms with Gasteiger partial charge in [0.05, 0.1) is 0 Å². The maximum Gasteiger partial charge on any atom is 0.137 e. The highest BCUT2D eigenvalue weighted by Crippen LogP contribution is 2.08. The first-order chi connectivity index (χ1) is 10.2. The molecule has 1 nitrogen and oxygen atoms in total. The van der Waals surface area contributed by atoms with Crippen LogP contribution in [-0.4, -0.2) is 10.6 Å². The third kappa shape index (κ3) is 21.8. The van der Waals surface area contributed by atoms with Gasteiger partial charge in [0.2, 0.25) is 0 Å². The van der Waals surface area contributed by atoms with E-state index in [0.717, 1.165) is 11.8 Å². The standard InChI is InChI=1S/C7H14O.C7H14S.C7H16/c2*1-5(2)7(8)6(3)4;1-6(2)5-7(3)4/h2*5-6H,1-4H3;6-7H,5H2,1-4H3. The summed E-state index contributed by atoms with van der Waals surface area (Å²) in [5, 5.41) is 0. The maximum atomic E-state index is 10.8. The van der Waals surface area contributed by atoms with E-state index in [1.54, 1.807) is 0 Å². The van der Waals surface area contributed by atoms with E-state index in [2.05, 4.69) is 55.4 Å². The minimum atomic E-state index is 0.204. The molecule has 0 aromatic carbocycles. The molecular weight excluding hydrogens is 300 g/mol. The highest BCUT2D eigenvalue weighted by atomic mass is 32.1. The Labute approximate surface area is 153 Å². The van der Waals surface area contributed by atoms with Crippen LogP contribution in [0.3, 0.4) is 0 Å². The van der Waals surface area contributed by atoms with Gasteiger partial charge < -0.3 is 0 Å². The molecule has 2 heteroatoms. The minimum absolute atomic E-state index is 0.204. The van der Waals surface area contributed by atoms with E-state index < -0.39 is 0 Å². The summed E-state index contributed by atoms with van der Waals surface area (Å²) in [7, 11) is 0. The van der Waals surface area contributed by atoms with Gasteiger partial charge in [0.1, 0.15) is 5.78 Å². The second-order valence-corrected chi connectivity index (χ2v) is 8.92. The molecule has 0 aromatic rings. The van der Waals surface area contributed by atoms with Crippen molar-refractivity contribution in [1.29, 1.82) is 0 Å². The number of carbonyl (C=O) groups is 1. The van der Waals surface area contributed by atoms with Crippen molar-refractivity contribution in [2.75, 3.05) is 0 Å². The van der Waals surface area contributed by atoms with Crippen LogP contribution in [0, 0.1) is 35.5 Å². The van der Waals surface area contributed by atoms with Crippen molar-refractivity contribution >= 4 is 22.9 Å². The molecule has 23 heavy (non-hydrogen) atoms. The van der Waals surface area contributed by atoms with Crippen LogP contribution in [-0.2, 0) is 4.79 Å². The molecule has 0 aliphatic carbocycles. The van der Waals surface area contributed by atoms with Crippen molar-refractivity contribution < 1.29 is 4.79 Å². The van der Waals surface area contributed by atoms with Gasteiger partial charge in [-0.2, -0.15) is 0 Å². The Kier molecular flexibility index (Phi) is 18.4. The van der Waals surface area contributed by atoms with E-state index in [1.807, 2.05) is 27.7 Å². The minimum Gasteiger partial charge on any atom is -0.299 e. The van der Waals surface area contributed by atoms with Crippen molar-refractivity contribution in [2.24, 2.45) is 35.5 Å². The van der Waals surface area contributed by atoms with Crippen LogP contribution in [0.1, 0.15) is 89.5 Å². The number of carbonyl (C=O) groups excluding carboxylic acids is 1. The predicted octanol–water partition coefficient (Wildman–Crippen LogP) is 7.22. The Morgan fingerprint density at radius 3 is 0.870 bits per heavy atom. The van der Waals surface area contributed by atoms with Crippen LogP contribution in [0.25, 0.3) is 0 Å². The highest BCUT2D eigenvalue weighted by molar-refractivity contribution is 7.80. The molecule has 0 radical (unpaired) electrons. The third-order valence-corrected chi connectivity index (χ3v) is 4.16. The average molecular weight is 345 g/mol. The average Bonchev–Trinajstić information content (AvgIpc) is 2.36. The summed E-state index contributed by atoms with van der Waals surface area (Å²) >= 11 is 5.10. The summed E-state index contributed by atoms with van der Waals surface area (Å²) in [6.45, 7) is 25.4. The van der Waals surface area contributed by atoms with Gasteiger partial charge in [-0.15, -0.1) is 0 Å². The predicted molar refractivity (Wildman–Crippen MR) is 111 cm³/mol. The number of hydrogen-bond donors (Lipinski definition) is 0. The zero-order valence-electron chi connectivity index (χ0n) is 18.0. The Morgan fingerprint density at radius 2 is 0.870 bits per heavy atom. The molecule has 0 saturated heterocycles. The molecule has 0 amide bonds. The van der Waals surface area contributed by atoms with E-state index >= 15 is 0 Å². The van der Waals surface area contributed by atoms with Crippen LogP contribution in [0.5, 0.6) is 0 Å². The van der Waals surface area contributed by atoms with Gasteiger partial charge in [0, 0.05) is 11.8 Å². The summed E-state index contributed by atoms with van der Waals surface area (Å²) in [5.74, 6) is 3.66. The van der Waals surface area contributed by atoms with Gasteiger partial charge in [-0.25, -0.2) is 0 Å². The van der Waals surface area contributed by atoms with Gasteiger partial charge in [-0.1, -0.05) is 95.3 Å². The third-order valence-electron chi connectivity index (χ3n) is 3.22. The molecule has 140 valence electrons. The van der Waals surface area contributed by atoms with E-state index in [4.69, 9.17) is 12.2 Å². The molecule has 0 atom stereocenters. The van der Waals surface area contributed by atoms with Gasteiger partial charge in [-0.3, -0.25) is 4.79 Å². The van der Waals surface area contributed by atoms with Crippen molar-refractivity contribution in [3.63, 3.8) is 0 Å². The van der Waals surface area contributed by atoms with Crippen LogP contribution in [0.15, 0.2) is 0 Å². The highest BCUT2D eigenvalue weighted by Gasteiger charge is 2.10. The monoisotopic (exact) mass is 344 g/mol. The smallest absolute Gasteiger partial charge is 0.137 e. The number of Topliss-reactive ketones (excluding diaryl/α,β-unsaturated/α-hetero) is 1. The summed E-state index contributed by atoms with van der Waals surface area (Å²) in [5.41, 5.74) is 0. The first kappa shape index (κ1) is 27.6. The molecule has 0 N–H and O–H groups in total. The largest absolute Gasteiger partial charge is 0.299 e. The molecule has 0 unspecified atom stereocenters. The van der Waals surface area contributed by atoms with Gasteiger partial charge in [-0.05, 0) is 35.0 Å². The van der Waals surface area contributed by atoms with Crippen molar-refractivity contribution in [2.45, 2.75) is 89.5 Å². The molecular formula is C21H44OS. The molecule has 0 fully saturated rings. The van der Waals surface area contributed by atoms with Crippen LogP contribution in [0.4, 0.5) is 0 Å². The zero-order valence-corrected chi connectivity index (χ0v) is 18.8. The Bertz CT molecular complexity index is 249. The molecule has 0 bridgehead atoms. The Balaban J connectivity index is -0.000000262. The van der Waals surface area contributed by atoms with Gasteiger partial charge in [0.15, 0.2) is 0 Å². The molecule has 0 heterocycles. The first-order valence-corrected chi connectivity index (χ1v) is 9.72. The van der Waals surface area contributed by atoms with Gasteiger partial charge in [0.25, 0.3) is 0 Å². The lowest BCUT2D eigenvalue weighted by Crippen LogP contribution is -2.13. The normalized spacial score (nSPS) is 10.9.